The summed E-state index contributed by atoms with van der Waals surface area (Å²) in [6, 6.07) is 3.27. The zero-order valence-corrected chi connectivity index (χ0v) is 9.35. The second kappa shape index (κ2) is 5.11. The van der Waals surface area contributed by atoms with Gasteiger partial charge in [-0.15, -0.1) is 0 Å². The van der Waals surface area contributed by atoms with Crippen molar-refractivity contribution in [1.82, 2.24) is 0 Å². The van der Waals surface area contributed by atoms with Crippen LogP contribution in [-0.2, 0) is 0 Å². The normalized spacial score (nSPS) is 11.1. The first-order chi connectivity index (χ1) is 7.69. The lowest BCUT2D eigenvalue weighted by Crippen LogP contribution is -2.15. The maximum Gasteiger partial charge on any atom is 0.204 e. The number of rotatable bonds is 4. The van der Waals surface area contributed by atoms with E-state index in [9.17, 15) is 0 Å². The highest BCUT2D eigenvalue weighted by atomic mass is 16.5. The van der Waals surface area contributed by atoms with E-state index in [0.717, 1.165) is 0 Å². The minimum atomic E-state index is -0.0576. The van der Waals surface area contributed by atoms with Gasteiger partial charge in [0.05, 0.1) is 26.9 Å². The molecule has 6 nitrogen and oxygen atoms in total. The molecule has 0 heterocycles. The summed E-state index contributed by atoms with van der Waals surface area (Å²) in [6.07, 6.45) is 0. The van der Waals surface area contributed by atoms with E-state index in [1.165, 1.54) is 21.3 Å². The molecule has 0 aromatic heterocycles. The molecule has 0 spiro atoms. The number of methoxy groups -OCH3 is 3. The Morgan fingerprint density at radius 1 is 1.12 bits per heavy atom. The number of benzene rings is 1. The fraction of sp³-hybridized carbons (Fsp3) is 0.300. The van der Waals surface area contributed by atoms with E-state index in [4.69, 9.17) is 25.2 Å². The summed E-state index contributed by atoms with van der Waals surface area (Å²) in [4.78, 5) is 0. The molecule has 0 saturated heterocycles. The molecule has 16 heavy (non-hydrogen) atoms. The molecular weight excluding hydrogens is 212 g/mol. The summed E-state index contributed by atoms with van der Waals surface area (Å²) in [7, 11) is 4.46. The van der Waals surface area contributed by atoms with Gasteiger partial charge in [0.25, 0.3) is 0 Å². The van der Waals surface area contributed by atoms with Crippen molar-refractivity contribution in [2.45, 2.75) is 0 Å². The van der Waals surface area contributed by atoms with E-state index in [1.54, 1.807) is 12.1 Å². The number of hydrogen-bond donors (Lipinski definition) is 2. The molecule has 0 saturated carbocycles. The number of nitrogens with zero attached hydrogens (tertiary/aromatic N) is 1. The lowest BCUT2D eigenvalue weighted by molar-refractivity contribution is 0.315. The molecule has 0 amide bonds. The SMILES string of the molecule is COc1ccc(/C(N)=N/O)c(OC)c1OC. The summed E-state index contributed by atoms with van der Waals surface area (Å²) < 4.78 is 15.4. The highest BCUT2D eigenvalue weighted by Crippen LogP contribution is 2.39. The molecule has 1 aromatic rings. The van der Waals surface area contributed by atoms with Crippen molar-refractivity contribution >= 4 is 5.84 Å². The smallest absolute Gasteiger partial charge is 0.204 e. The number of nitrogens with two attached hydrogens (primary N) is 1. The average molecular weight is 226 g/mol. The van der Waals surface area contributed by atoms with E-state index >= 15 is 0 Å². The number of oxime groups is 1. The van der Waals surface area contributed by atoms with Crippen LogP contribution in [0.15, 0.2) is 17.3 Å². The van der Waals surface area contributed by atoms with Gasteiger partial charge in [-0.25, -0.2) is 0 Å². The Labute approximate surface area is 93.2 Å². The van der Waals surface area contributed by atoms with Crippen molar-refractivity contribution in [2.75, 3.05) is 21.3 Å². The number of amidine groups is 1. The lowest BCUT2D eigenvalue weighted by atomic mass is 10.1. The van der Waals surface area contributed by atoms with E-state index in [1.807, 2.05) is 0 Å². The van der Waals surface area contributed by atoms with Gasteiger partial charge in [-0.2, -0.15) is 0 Å². The Kier molecular flexibility index (Phi) is 3.82. The minimum Gasteiger partial charge on any atom is -0.493 e. The van der Waals surface area contributed by atoms with Crippen LogP contribution in [0.25, 0.3) is 0 Å². The molecular formula is C10H14N2O4. The molecule has 0 fully saturated rings. The fourth-order valence-corrected chi connectivity index (χ4v) is 1.36. The van der Waals surface area contributed by atoms with Crippen molar-refractivity contribution < 1.29 is 19.4 Å². The highest BCUT2D eigenvalue weighted by molar-refractivity contribution is 6.00. The molecule has 0 radical (unpaired) electrons. The van der Waals surface area contributed by atoms with Gasteiger partial charge in [0.15, 0.2) is 17.3 Å². The Bertz CT molecular complexity index is 404. The van der Waals surface area contributed by atoms with Crippen LogP contribution in [0.1, 0.15) is 5.56 Å². The molecule has 6 heteroatoms. The Balaban J connectivity index is 3.43. The number of ether oxygens (including phenoxy) is 3. The zero-order chi connectivity index (χ0) is 12.1. The van der Waals surface area contributed by atoms with Crippen molar-refractivity contribution in [3.05, 3.63) is 17.7 Å². The van der Waals surface area contributed by atoms with Crippen LogP contribution in [-0.4, -0.2) is 32.4 Å². The molecule has 0 atom stereocenters. The first-order valence-electron chi connectivity index (χ1n) is 4.46. The van der Waals surface area contributed by atoms with Crippen LogP contribution in [0.4, 0.5) is 0 Å². The topological polar surface area (TPSA) is 86.3 Å². The standard InChI is InChI=1S/C10H14N2O4/c1-14-7-5-4-6(10(11)12-13)8(15-2)9(7)16-3/h4-5,13H,1-3H3,(H2,11,12). The van der Waals surface area contributed by atoms with Crippen LogP contribution in [0.3, 0.4) is 0 Å². The monoisotopic (exact) mass is 226 g/mol. The van der Waals surface area contributed by atoms with Gasteiger partial charge < -0.3 is 25.2 Å². The van der Waals surface area contributed by atoms with Crippen LogP contribution < -0.4 is 19.9 Å². The predicted molar refractivity (Wildman–Crippen MR) is 58.6 cm³/mol. The van der Waals surface area contributed by atoms with Gasteiger partial charge in [0.1, 0.15) is 0 Å². The molecule has 88 valence electrons. The lowest BCUT2D eigenvalue weighted by Gasteiger charge is -2.14. The maximum atomic E-state index is 8.63. The summed E-state index contributed by atoms with van der Waals surface area (Å²) in [5.41, 5.74) is 5.94. The fourth-order valence-electron chi connectivity index (χ4n) is 1.36. The van der Waals surface area contributed by atoms with Crippen molar-refractivity contribution in [1.29, 1.82) is 0 Å². The molecule has 1 aromatic carbocycles. The van der Waals surface area contributed by atoms with Gasteiger partial charge in [-0.05, 0) is 12.1 Å². The second-order valence-electron chi connectivity index (χ2n) is 2.87. The summed E-state index contributed by atoms with van der Waals surface area (Å²) in [5.74, 6) is 1.21. The third kappa shape index (κ3) is 1.95. The van der Waals surface area contributed by atoms with Crippen LogP contribution in [0, 0.1) is 0 Å². The highest BCUT2D eigenvalue weighted by Gasteiger charge is 2.17. The quantitative estimate of drug-likeness (QED) is 0.343. The molecule has 0 unspecified atom stereocenters. The molecule has 3 N–H and O–H groups in total. The van der Waals surface area contributed by atoms with Crippen molar-refractivity contribution in [3.8, 4) is 17.2 Å². The Hall–Kier alpha value is -2.11. The van der Waals surface area contributed by atoms with E-state index in [0.29, 0.717) is 22.8 Å². The predicted octanol–water partition coefficient (Wildman–Crippen LogP) is 0.807. The van der Waals surface area contributed by atoms with E-state index in [-0.39, 0.29) is 5.84 Å². The van der Waals surface area contributed by atoms with Gasteiger partial charge >= 0.3 is 0 Å². The average Bonchev–Trinajstić information content (AvgIpc) is 2.35. The van der Waals surface area contributed by atoms with Gasteiger partial charge in [0, 0.05) is 0 Å². The van der Waals surface area contributed by atoms with E-state index in [2.05, 4.69) is 5.16 Å². The van der Waals surface area contributed by atoms with Gasteiger partial charge in [-0.3, -0.25) is 0 Å². The summed E-state index contributed by atoms with van der Waals surface area (Å²) in [5, 5.41) is 11.5. The molecule has 1 rings (SSSR count). The van der Waals surface area contributed by atoms with E-state index < -0.39 is 0 Å². The third-order valence-electron chi connectivity index (χ3n) is 2.09. The Morgan fingerprint density at radius 2 is 1.75 bits per heavy atom. The molecule has 0 aliphatic rings. The van der Waals surface area contributed by atoms with Crippen molar-refractivity contribution in [3.63, 3.8) is 0 Å². The minimum absolute atomic E-state index is 0.0576. The molecule has 0 bridgehead atoms. The van der Waals surface area contributed by atoms with Crippen LogP contribution in [0.5, 0.6) is 17.2 Å². The first kappa shape index (κ1) is 12.0. The third-order valence-corrected chi connectivity index (χ3v) is 2.09. The molecule has 0 aliphatic heterocycles. The summed E-state index contributed by atoms with van der Waals surface area (Å²) >= 11 is 0. The van der Waals surface area contributed by atoms with Gasteiger partial charge in [0.2, 0.25) is 5.75 Å². The zero-order valence-electron chi connectivity index (χ0n) is 9.35. The van der Waals surface area contributed by atoms with Gasteiger partial charge in [-0.1, -0.05) is 5.16 Å². The number of hydrogen-bond acceptors (Lipinski definition) is 5. The van der Waals surface area contributed by atoms with Crippen molar-refractivity contribution in [2.24, 2.45) is 10.9 Å². The van der Waals surface area contributed by atoms with Crippen LogP contribution in [0.2, 0.25) is 0 Å². The first-order valence-corrected chi connectivity index (χ1v) is 4.46. The maximum absolute atomic E-state index is 8.63. The second-order valence-corrected chi connectivity index (χ2v) is 2.87. The van der Waals surface area contributed by atoms with Crippen LogP contribution >= 0.6 is 0 Å². The summed E-state index contributed by atoms with van der Waals surface area (Å²) in [6.45, 7) is 0. The largest absolute Gasteiger partial charge is 0.493 e. The Morgan fingerprint density at radius 3 is 2.19 bits per heavy atom. The molecule has 0 aliphatic carbocycles.